The number of hydrogen-bond acceptors (Lipinski definition) is 1. The molecule has 1 atom stereocenters. The van der Waals surface area contributed by atoms with Gasteiger partial charge in [0.25, 0.3) is 0 Å². The lowest BCUT2D eigenvalue weighted by Gasteiger charge is -2.19. The van der Waals surface area contributed by atoms with E-state index in [0.717, 1.165) is 5.56 Å². The van der Waals surface area contributed by atoms with E-state index in [2.05, 4.69) is 48.8 Å². The van der Waals surface area contributed by atoms with Gasteiger partial charge >= 0.3 is 0 Å². The van der Waals surface area contributed by atoms with Gasteiger partial charge in [0.1, 0.15) is 5.78 Å². The average Bonchev–Trinajstić information content (AvgIpc) is 2.15. The van der Waals surface area contributed by atoms with E-state index in [-0.39, 0.29) is 16.0 Å². The Morgan fingerprint density at radius 2 is 1.67 bits per heavy atom. The summed E-state index contributed by atoms with van der Waals surface area (Å²) in [6, 6.07) is 8.21. The maximum atomic E-state index is 11.2. The summed E-state index contributed by atoms with van der Waals surface area (Å²) >= 11 is 3.38. The van der Waals surface area contributed by atoms with Gasteiger partial charge in [0, 0.05) is 0 Å². The van der Waals surface area contributed by atoms with Crippen LogP contribution < -0.4 is 0 Å². The fourth-order valence-corrected chi connectivity index (χ4v) is 1.69. The maximum absolute atomic E-state index is 11.2. The molecule has 1 unspecified atom stereocenters. The zero-order valence-corrected chi connectivity index (χ0v) is 11.3. The van der Waals surface area contributed by atoms with Crippen molar-refractivity contribution in [3.05, 3.63) is 35.4 Å². The van der Waals surface area contributed by atoms with Gasteiger partial charge in [0.2, 0.25) is 0 Å². The van der Waals surface area contributed by atoms with Crippen LogP contribution in [0.15, 0.2) is 24.3 Å². The standard InChI is InChI=1S/C13H17BrO/c1-9(15)12(14)10-5-7-11(8-6-10)13(2,3)4/h5-8,12H,1-4H3. The highest BCUT2D eigenvalue weighted by molar-refractivity contribution is 9.09. The smallest absolute Gasteiger partial charge is 0.147 e. The van der Waals surface area contributed by atoms with E-state index in [4.69, 9.17) is 0 Å². The van der Waals surface area contributed by atoms with E-state index >= 15 is 0 Å². The molecule has 0 heterocycles. The van der Waals surface area contributed by atoms with Crippen molar-refractivity contribution in [1.82, 2.24) is 0 Å². The minimum Gasteiger partial charge on any atom is -0.298 e. The van der Waals surface area contributed by atoms with E-state index < -0.39 is 0 Å². The average molecular weight is 269 g/mol. The number of hydrogen-bond donors (Lipinski definition) is 0. The molecule has 0 amide bonds. The molecule has 1 rings (SSSR count). The first-order valence-corrected chi connectivity index (χ1v) is 5.99. The molecule has 0 bridgehead atoms. The first-order chi connectivity index (χ1) is 6.82. The van der Waals surface area contributed by atoms with Crippen molar-refractivity contribution < 1.29 is 4.79 Å². The Balaban J connectivity index is 2.95. The van der Waals surface area contributed by atoms with Crippen LogP contribution in [0.2, 0.25) is 0 Å². The van der Waals surface area contributed by atoms with Crippen molar-refractivity contribution in [1.29, 1.82) is 0 Å². The molecule has 0 aromatic heterocycles. The van der Waals surface area contributed by atoms with Crippen LogP contribution in [0.4, 0.5) is 0 Å². The highest BCUT2D eigenvalue weighted by Crippen LogP contribution is 2.27. The lowest BCUT2D eigenvalue weighted by molar-refractivity contribution is -0.116. The second-order valence-electron chi connectivity index (χ2n) is 4.85. The van der Waals surface area contributed by atoms with Crippen LogP contribution in [0.1, 0.15) is 43.6 Å². The molecule has 0 aliphatic heterocycles. The number of rotatable bonds is 2. The van der Waals surface area contributed by atoms with Crippen molar-refractivity contribution in [2.24, 2.45) is 0 Å². The van der Waals surface area contributed by atoms with E-state index in [1.54, 1.807) is 6.92 Å². The molecule has 1 aromatic rings. The minimum atomic E-state index is -0.175. The van der Waals surface area contributed by atoms with Crippen LogP contribution in [0, 0.1) is 0 Å². The molecule has 0 aliphatic carbocycles. The molecule has 0 aliphatic rings. The highest BCUT2D eigenvalue weighted by atomic mass is 79.9. The highest BCUT2D eigenvalue weighted by Gasteiger charge is 2.16. The van der Waals surface area contributed by atoms with Gasteiger partial charge in [-0.3, -0.25) is 4.79 Å². The van der Waals surface area contributed by atoms with Gasteiger partial charge in [-0.1, -0.05) is 61.0 Å². The summed E-state index contributed by atoms with van der Waals surface area (Å²) in [6.07, 6.45) is 0. The van der Waals surface area contributed by atoms with Gasteiger partial charge in [-0.15, -0.1) is 0 Å². The van der Waals surface area contributed by atoms with Crippen LogP contribution in [-0.4, -0.2) is 5.78 Å². The summed E-state index contributed by atoms with van der Waals surface area (Å²) in [5, 5.41) is 0. The van der Waals surface area contributed by atoms with Crippen molar-refractivity contribution in [2.45, 2.75) is 37.9 Å². The van der Waals surface area contributed by atoms with Gasteiger partial charge in [0.15, 0.2) is 0 Å². The number of ketones is 1. The Labute approximate surface area is 100 Å². The first-order valence-electron chi connectivity index (χ1n) is 5.07. The molecule has 0 N–H and O–H groups in total. The summed E-state index contributed by atoms with van der Waals surface area (Å²) in [4.78, 5) is 11.0. The monoisotopic (exact) mass is 268 g/mol. The molecule has 82 valence electrons. The Kier molecular flexibility index (Phi) is 3.72. The summed E-state index contributed by atoms with van der Waals surface area (Å²) in [5.74, 6) is 0.138. The van der Waals surface area contributed by atoms with Gasteiger partial charge in [-0.25, -0.2) is 0 Å². The summed E-state index contributed by atoms with van der Waals surface area (Å²) in [5.41, 5.74) is 2.47. The largest absolute Gasteiger partial charge is 0.298 e. The predicted molar refractivity (Wildman–Crippen MR) is 67.5 cm³/mol. The molecule has 2 heteroatoms. The van der Waals surface area contributed by atoms with Gasteiger partial charge in [-0.2, -0.15) is 0 Å². The zero-order valence-electron chi connectivity index (χ0n) is 9.67. The Bertz CT molecular complexity index is 346. The van der Waals surface area contributed by atoms with E-state index in [1.165, 1.54) is 5.56 Å². The number of benzene rings is 1. The normalized spacial score (nSPS) is 13.7. The number of carbonyl (C=O) groups excluding carboxylic acids is 1. The molecule has 0 radical (unpaired) electrons. The topological polar surface area (TPSA) is 17.1 Å². The van der Waals surface area contributed by atoms with Crippen LogP contribution in [0.25, 0.3) is 0 Å². The zero-order chi connectivity index (χ0) is 11.6. The fourth-order valence-electron chi connectivity index (χ4n) is 1.39. The molecule has 1 nitrogen and oxygen atoms in total. The molecule has 0 saturated heterocycles. The van der Waals surface area contributed by atoms with E-state index in [0.29, 0.717) is 0 Å². The molecule has 0 saturated carbocycles. The van der Waals surface area contributed by atoms with Crippen molar-refractivity contribution >= 4 is 21.7 Å². The summed E-state index contributed by atoms with van der Waals surface area (Å²) in [7, 11) is 0. The predicted octanol–water partition coefficient (Wildman–Crippen LogP) is 4.01. The fraction of sp³-hybridized carbons (Fsp3) is 0.462. The van der Waals surface area contributed by atoms with Crippen LogP contribution in [0.3, 0.4) is 0 Å². The number of halogens is 1. The third kappa shape index (κ3) is 3.16. The van der Waals surface area contributed by atoms with Crippen molar-refractivity contribution in [3.8, 4) is 0 Å². The van der Waals surface area contributed by atoms with Gasteiger partial charge in [0.05, 0.1) is 4.83 Å². The maximum Gasteiger partial charge on any atom is 0.147 e. The molecule has 15 heavy (non-hydrogen) atoms. The Hall–Kier alpha value is -0.630. The third-order valence-electron chi connectivity index (χ3n) is 2.43. The summed E-state index contributed by atoms with van der Waals surface area (Å²) < 4.78 is 0. The lowest BCUT2D eigenvalue weighted by atomic mass is 9.86. The van der Waals surface area contributed by atoms with Crippen molar-refractivity contribution in [2.75, 3.05) is 0 Å². The number of carbonyl (C=O) groups is 1. The third-order valence-corrected chi connectivity index (χ3v) is 3.60. The molecule has 0 fully saturated rings. The lowest BCUT2D eigenvalue weighted by Crippen LogP contribution is -2.11. The van der Waals surface area contributed by atoms with E-state index in [9.17, 15) is 4.79 Å². The van der Waals surface area contributed by atoms with Crippen LogP contribution in [0.5, 0.6) is 0 Å². The number of Topliss-reactive ketones (excluding diaryl/α,β-unsaturated/α-hetero) is 1. The number of alkyl halides is 1. The second-order valence-corrected chi connectivity index (χ2v) is 5.76. The molecule has 0 spiro atoms. The van der Waals surface area contributed by atoms with Gasteiger partial charge < -0.3 is 0 Å². The molecular weight excluding hydrogens is 252 g/mol. The Morgan fingerprint density at radius 3 is 2.00 bits per heavy atom. The van der Waals surface area contributed by atoms with Gasteiger partial charge in [-0.05, 0) is 23.5 Å². The van der Waals surface area contributed by atoms with E-state index in [1.807, 2.05) is 12.1 Å². The second kappa shape index (κ2) is 4.48. The van der Waals surface area contributed by atoms with Crippen LogP contribution in [-0.2, 0) is 10.2 Å². The SMILES string of the molecule is CC(=O)C(Br)c1ccc(C(C)(C)C)cc1. The summed E-state index contributed by atoms with van der Waals surface area (Å²) in [6.45, 7) is 8.13. The first kappa shape index (κ1) is 12.4. The quantitative estimate of drug-likeness (QED) is 0.741. The molecular formula is C13H17BrO. The minimum absolute atomic E-state index is 0.138. The van der Waals surface area contributed by atoms with Crippen molar-refractivity contribution in [3.63, 3.8) is 0 Å². The molecule has 1 aromatic carbocycles. The Morgan fingerprint density at radius 1 is 1.20 bits per heavy atom. The van der Waals surface area contributed by atoms with Crippen LogP contribution >= 0.6 is 15.9 Å².